The van der Waals surface area contributed by atoms with E-state index >= 15 is 0 Å². The molecule has 0 aromatic carbocycles. The molecule has 29 heavy (non-hydrogen) atoms. The number of hydrogen-bond donors (Lipinski definition) is 1. The molecule has 5 rings (SSSR count). The van der Waals surface area contributed by atoms with Crippen LogP contribution in [0.15, 0.2) is 10.6 Å². The molecule has 9 nitrogen and oxygen atoms in total. The molecule has 1 amide bonds. The van der Waals surface area contributed by atoms with Crippen molar-refractivity contribution in [3.8, 4) is 0 Å². The molecule has 4 aliphatic rings. The fourth-order valence-electron chi connectivity index (χ4n) is 5.00. The molecule has 3 aliphatic heterocycles. The Morgan fingerprint density at radius 2 is 1.76 bits per heavy atom. The Hall–Kier alpha value is -1.49. The number of carbonyl (C=O) groups excluding carboxylic acids is 1. The molecule has 4 fully saturated rings. The minimum atomic E-state index is -3.45. The molecule has 0 spiro atoms. The summed E-state index contributed by atoms with van der Waals surface area (Å²) in [6.07, 6.45) is 5.23. The first kappa shape index (κ1) is 19.5. The number of likely N-dealkylation sites (N-methyl/N-ethyl adjacent to an activating group) is 1. The smallest absolute Gasteiger partial charge is 0.282 e. The number of aromatic nitrogens is 1. The molecule has 1 unspecified atom stereocenters. The minimum absolute atomic E-state index is 0.0278. The van der Waals surface area contributed by atoms with Gasteiger partial charge in [0.2, 0.25) is 0 Å². The quantitative estimate of drug-likeness (QED) is 0.751. The van der Waals surface area contributed by atoms with Gasteiger partial charge in [0, 0.05) is 56.3 Å². The van der Waals surface area contributed by atoms with Gasteiger partial charge >= 0.3 is 0 Å². The lowest BCUT2D eigenvalue weighted by Crippen LogP contribution is -2.58. The second kappa shape index (κ2) is 7.33. The van der Waals surface area contributed by atoms with Crippen LogP contribution in [0.2, 0.25) is 0 Å². The van der Waals surface area contributed by atoms with Crippen molar-refractivity contribution in [2.45, 2.75) is 62.6 Å². The van der Waals surface area contributed by atoms with Gasteiger partial charge < -0.3 is 14.7 Å². The topological polar surface area (TPSA) is 99.0 Å². The maximum atomic E-state index is 13.3. The fraction of sp³-hybridized carbons (Fsp3) is 0.789. The average Bonchev–Trinajstić information content (AvgIpc) is 3.34. The highest BCUT2D eigenvalue weighted by Gasteiger charge is 2.49. The summed E-state index contributed by atoms with van der Waals surface area (Å²) in [6, 6.07) is 1.64. The summed E-state index contributed by atoms with van der Waals surface area (Å²) in [6.45, 7) is 2.62. The Morgan fingerprint density at radius 1 is 1.10 bits per heavy atom. The van der Waals surface area contributed by atoms with Gasteiger partial charge in [0.05, 0.1) is 0 Å². The van der Waals surface area contributed by atoms with Gasteiger partial charge in [-0.15, -0.1) is 0 Å². The molecule has 1 aromatic heterocycles. The van der Waals surface area contributed by atoms with Gasteiger partial charge in [0.25, 0.3) is 16.1 Å². The number of amides is 1. The van der Waals surface area contributed by atoms with Gasteiger partial charge in [-0.25, -0.2) is 0 Å². The highest BCUT2D eigenvalue weighted by atomic mass is 32.2. The first-order chi connectivity index (χ1) is 13.9. The third-order valence-corrected chi connectivity index (χ3v) is 8.94. The Kier molecular flexibility index (Phi) is 4.92. The molecule has 1 aromatic rings. The lowest BCUT2D eigenvalue weighted by atomic mass is 9.99. The van der Waals surface area contributed by atoms with E-state index < -0.39 is 10.2 Å². The summed E-state index contributed by atoms with van der Waals surface area (Å²) < 4.78 is 35.2. The van der Waals surface area contributed by atoms with Crippen LogP contribution < -0.4 is 5.32 Å². The van der Waals surface area contributed by atoms with Crippen molar-refractivity contribution in [3.63, 3.8) is 0 Å². The summed E-state index contributed by atoms with van der Waals surface area (Å²) >= 11 is 0. The van der Waals surface area contributed by atoms with Crippen LogP contribution in [0.4, 0.5) is 0 Å². The zero-order chi connectivity index (χ0) is 20.2. The summed E-state index contributed by atoms with van der Waals surface area (Å²) in [7, 11) is -1.43. The maximum absolute atomic E-state index is 13.3. The van der Waals surface area contributed by atoms with Gasteiger partial charge in [-0.3, -0.25) is 4.79 Å². The van der Waals surface area contributed by atoms with E-state index in [1.165, 1.54) is 0 Å². The summed E-state index contributed by atoms with van der Waals surface area (Å²) in [5.74, 6) is 0.992. The third-order valence-electron chi connectivity index (χ3n) is 6.80. The molecular formula is C19H29N5O4S. The summed E-state index contributed by atoms with van der Waals surface area (Å²) in [5, 5.41) is 6.98. The highest BCUT2D eigenvalue weighted by Crippen LogP contribution is 2.41. The Labute approximate surface area is 171 Å². The van der Waals surface area contributed by atoms with Gasteiger partial charge in [0.15, 0.2) is 5.69 Å². The van der Waals surface area contributed by atoms with Crippen LogP contribution in [0, 0.1) is 0 Å². The average molecular weight is 424 g/mol. The van der Waals surface area contributed by atoms with Gasteiger partial charge in [-0.1, -0.05) is 5.16 Å². The Bertz CT molecular complexity index is 861. The minimum Gasteiger partial charge on any atom is -0.360 e. The van der Waals surface area contributed by atoms with Crippen molar-refractivity contribution in [3.05, 3.63) is 17.5 Å². The van der Waals surface area contributed by atoms with Crippen LogP contribution in [0.25, 0.3) is 0 Å². The Morgan fingerprint density at radius 3 is 2.38 bits per heavy atom. The second-order valence-electron chi connectivity index (χ2n) is 8.96. The predicted octanol–water partition coefficient (Wildman–Crippen LogP) is 0.769. The first-order valence-corrected chi connectivity index (χ1v) is 12.1. The van der Waals surface area contributed by atoms with E-state index in [1.807, 2.05) is 7.05 Å². The van der Waals surface area contributed by atoms with E-state index in [1.54, 1.807) is 14.7 Å². The van der Waals surface area contributed by atoms with Crippen molar-refractivity contribution in [1.82, 2.24) is 24.0 Å². The van der Waals surface area contributed by atoms with Crippen LogP contribution in [-0.4, -0.2) is 84.3 Å². The van der Waals surface area contributed by atoms with Crippen molar-refractivity contribution in [2.24, 2.45) is 0 Å². The number of piperidine rings is 1. The molecule has 3 atom stereocenters. The molecular weight excluding hydrogens is 394 g/mol. The van der Waals surface area contributed by atoms with Gasteiger partial charge in [0.1, 0.15) is 5.76 Å². The number of nitrogens with one attached hydrogen (secondary N) is 1. The van der Waals surface area contributed by atoms with Crippen molar-refractivity contribution in [2.75, 3.05) is 33.2 Å². The van der Waals surface area contributed by atoms with E-state index in [-0.39, 0.29) is 24.0 Å². The van der Waals surface area contributed by atoms with Crippen LogP contribution >= 0.6 is 0 Å². The second-order valence-corrected chi connectivity index (χ2v) is 10.8. The number of carbonyl (C=O) groups is 1. The van der Waals surface area contributed by atoms with Crippen LogP contribution in [0.3, 0.4) is 0 Å². The number of hydrogen-bond acceptors (Lipinski definition) is 6. The maximum Gasteiger partial charge on any atom is 0.282 e. The SMILES string of the molecule is CN1CCN(S(=O)(=O)N2[C@@H]3CC[C@H]2CC(NC(=O)c2cc(C4CC4)on2)C3)CC1. The zero-order valence-corrected chi connectivity index (χ0v) is 17.6. The van der Waals surface area contributed by atoms with Crippen LogP contribution in [0.1, 0.15) is 60.7 Å². The van der Waals surface area contributed by atoms with Crippen LogP contribution in [-0.2, 0) is 10.2 Å². The van der Waals surface area contributed by atoms with E-state index in [0.717, 1.165) is 44.5 Å². The normalized spacial score (nSPS) is 31.8. The van der Waals surface area contributed by atoms with Crippen molar-refractivity contribution < 1.29 is 17.7 Å². The number of rotatable bonds is 5. The number of piperazine rings is 1. The number of nitrogens with zero attached hydrogens (tertiary/aromatic N) is 4. The molecule has 4 heterocycles. The molecule has 1 N–H and O–H groups in total. The fourth-order valence-corrected chi connectivity index (χ4v) is 7.02. The van der Waals surface area contributed by atoms with E-state index in [0.29, 0.717) is 37.5 Å². The molecule has 2 bridgehead atoms. The predicted molar refractivity (Wildman–Crippen MR) is 106 cm³/mol. The zero-order valence-electron chi connectivity index (χ0n) is 16.8. The summed E-state index contributed by atoms with van der Waals surface area (Å²) in [4.78, 5) is 14.7. The first-order valence-electron chi connectivity index (χ1n) is 10.7. The molecule has 0 radical (unpaired) electrons. The lowest BCUT2D eigenvalue weighted by Gasteiger charge is -2.42. The lowest BCUT2D eigenvalue weighted by molar-refractivity contribution is 0.0897. The largest absolute Gasteiger partial charge is 0.360 e. The van der Waals surface area contributed by atoms with E-state index in [2.05, 4.69) is 15.4 Å². The molecule has 1 aliphatic carbocycles. The monoisotopic (exact) mass is 423 g/mol. The Balaban J connectivity index is 1.23. The number of fused-ring (bicyclic) bond motifs is 2. The molecule has 160 valence electrons. The van der Waals surface area contributed by atoms with Gasteiger partial charge in [-0.05, 0) is 45.6 Å². The van der Waals surface area contributed by atoms with E-state index in [9.17, 15) is 13.2 Å². The highest BCUT2D eigenvalue weighted by molar-refractivity contribution is 7.86. The molecule has 3 saturated heterocycles. The summed E-state index contributed by atoms with van der Waals surface area (Å²) in [5.41, 5.74) is 0.326. The molecule has 1 saturated carbocycles. The third kappa shape index (κ3) is 3.71. The van der Waals surface area contributed by atoms with Crippen molar-refractivity contribution >= 4 is 16.1 Å². The van der Waals surface area contributed by atoms with Gasteiger partial charge in [-0.2, -0.15) is 17.0 Å². The van der Waals surface area contributed by atoms with Crippen LogP contribution in [0.5, 0.6) is 0 Å². The van der Waals surface area contributed by atoms with E-state index in [4.69, 9.17) is 4.52 Å². The van der Waals surface area contributed by atoms with Crippen molar-refractivity contribution in [1.29, 1.82) is 0 Å². The molecule has 10 heteroatoms. The standard InChI is InChI=1S/C19H29N5O4S/c1-22-6-8-23(9-7-22)29(26,27)24-15-4-5-16(24)11-14(10-15)20-19(25)17-12-18(28-21-17)13-2-3-13/h12-16H,2-11H2,1H3,(H,20,25)/t14?,15-,16+.